The molecule has 0 N–H and O–H groups in total. The van der Waals surface area contributed by atoms with E-state index in [0.717, 1.165) is 25.7 Å². The topological polar surface area (TPSA) is 44.8 Å². The number of ether oxygens (including phenoxy) is 1. The summed E-state index contributed by atoms with van der Waals surface area (Å²) in [6.07, 6.45) is 3.93. The Kier molecular flexibility index (Phi) is 2.02. The van der Waals surface area contributed by atoms with Crippen molar-refractivity contribution in [1.82, 2.24) is 0 Å². The standard InChI is InChI=1S/C8H12O4/c9-6-10-7-5-11-12-8(7)3-1-2-4-8/h6-7H,1-5H2. The Morgan fingerprint density at radius 3 is 2.83 bits per heavy atom. The molecule has 4 heteroatoms. The van der Waals surface area contributed by atoms with Crippen molar-refractivity contribution in [3.05, 3.63) is 0 Å². The second kappa shape index (κ2) is 3.03. The molecule has 0 amide bonds. The third-order valence-electron chi connectivity index (χ3n) is 2.70. The van der Waals surface area contributed by atoms with Crippen molar-refractivity contribution >= 4 is 6.47 Å². The first kappa shape index (κ1) is 8.01. The number of hydrogen-bond acceptors (Lipinski definition) is 4. The van der Waals surface area contributed by atoms with Crippen molar-refractivity contribution in [2.24, 2.45) is 0 Å². The Bertz CT molecular complexity index is 168. The molecule has 1 saturated heterocycles. The van der Waals surface area contributed by atoms with Crippen molar-refractivity contribution in [2.45, 2.75) is 37.4 Å². The summed E-state index contributed by atoms with van der Waals surface area (Å²) in [5.74, 6) is 0. The van der Waals surface area contributed by atoms with E-state index in [2.05, 4.69) is 0 Å². The highest BCUT2D eigenvalue weighted by Crippen LogP contribution is 2.40. The minimum atomic E-state index is -0.319. The van der Waals surface area contributed by atoms with E-state index in [1.54, 1.807) is 0 Å². The fraction of sp³-hybridized carbons (Fsp3) is 0.875. The van der Waals surface area contributed by atoms with Crippen LogP contribution in [-0.2, 0) is 19.3 Å². The summed E-state index contributed by atoms with van der Waals surface area (Å²) in [5, 5.41) is 0. The SMILES string of the molecule is O=COC1COOC12CCCC2. The van der Waals surface area contributed by atoms with E-state index in [1.165, 1.54) is 0 Å². The van der Waals surface area contributed by atoms with E-state index < -0.39 is 0 Å². The van der Waals surface area contributed by atoms with Gasteiger partial charge in [-0.3, -0.25) is 4.79 Å². The van der Waals surface area contributed by atoms with Crippen LogP contribution in [0.15, 0.2) is 0 Å². The highest BCUT2D eigenvalue weighted by molar-refractivity contribution is 5.38. The first-order valence-electron chi connectivity index (χ1n) is 4.27. The molecule has 1 heterocycles. The molecule has 1 unspecified atom stereocenters. The van der Waals surface area contributed by atoms with Gasteiger partial charge in [-0.25, -0.2) is 9.78 Å². The van der Waals surface area contributed by atoms with Gasteiger partial charge in [0.25, 0.3) is 6.47 Å². The molecular weight excluding hydrogens is 160 g/mol. The summed E-state index contributed by atoms with van der Waals surface area (Å²) in [4.78, 5) is 20.2. The smallest absolute Gasteiger partial charge is 0.293 e. The van der Waals surface area contributed by atoms with Crippen LogP contribution >= 0.6 is 0 Å². The van der Waals surface area contributed by atoms with Crippen molar-refractivity contribution in [1.29, 1.82) is 0 Å². The van der Waals surface area contributed by atoms with Gasteiger partial charge in [-0.2, -0.15) is 0 Å². The maximum Gasteiger partial charge on any atom is 0.293 e. The number of carbonyl (C=O) groups excluding carboxylic acids is 1. The normalized spacial score (nSPS) is 32.5. The Morgan fingerprint density at radius 2 is 2.17 bits per heavy atom. The van der Waals surface area contributed by atoms with Crippen molar-refractivity contribution in [2.75, 3.05) is 6.61 Å². The zero-order valence-electron chi connectivity index (χ0n) is 6.82. The lowest BCUT2D eigenvalue weighted by Gasteiger charge is -2.24. The van der Waals surface area contributed by atoms with Crippen LogP contribution in [0.25, 0.3) is 0 Å². The quantitative estimate of drug-likeness (QED) is 0.456. The highest BCUT2D eigenvalue weighted by atomic mass is 17.2. The number of hydrogen-bond donors (Lipinski definition) is 0. The van der Waals surface area contributed by atoms with Gasteiger partial charge in [0.05, 0.1) is 0 Å². The van der Waals surface area contributed by atoms with Crippen LogP contribution in [0.2, 0.25) is 0 Å². The Morgan fingerprint density at radius 1 is 1.42 bits per heavy atom. The van der Waals surface area contributed by atoms with E-state index in [9.17, 15) is 4.79 Å². The molecule has 2 fully saturated rings. The van der Waals surface area contributed by atoms with Gasteiger partial charge in [0.15, 0.2) is 6.10 Å². The molecule has 1 aliphatic carbocycles. The zero-order valence-corrected chi connectivity index (χ0v) is 6.82. The average molecular weight is 172 g/mol. The van der Waals surface area contributed by atoms with E-state index in [-0.39, 0.29) is 11.7 Å². The molecule has 0 aromatic rings. The molecule has 0 radical (unpaired) electrons. The maximum absolute atomic E-state index is 10.2. The Hall–Kier alpha value is -0.610. The summed E-state index contributed by atoms with van der Waals surface area (Å²) in [6, 6.07) is 0. The summed E-state index contributed by atoms with van der Waals surface area (Å²) >= 11 is 0. The van der Waals surface area contributed by atoms with Gasteiger partial charge >= 0.3 is 0 Å². The predicted octanol–water partition coefficient (Wildman–Crippen LogP) is 0.803. The van der Waals surface area contributed by atoms with Crippen LogP contribution in [-0.4, -0.2) is 24.8 Å². The van der Waals surface area contributed by atoms with Gasteiger partial charge in [0.2, 0.25) is 0 Å². The minimum absolute atomic E-state index is 0.197. The van der Waals surface area contributed by atoms with Crippen LogP contribution in [0.1, 0.15) is 25.7 Å². The van der Waals surface area contributed by atoms with Gasteiger partial charge < -0.3 is 4.74 Å². The zero-order chi connectivity index (χ0) is 8.44. The van der Waals surface area contributed by atoms with Gasteiger partial charge in [-0.1, -0.05) is 12.8 Å². The van der Waals surface area contributed by atoms with Crippen LogP contribution < -0.4 is 0 Å². The number of carbonyl (C=O) groups is 1. The minimum Gasteiger partial charge on any atom is -0.459 e. The highest BCUT2D eigenvalue weighted by Gasteiger charge is 2.49. The largest absolute Gasteiger partial charge is 0.459 e. The Balaban J connectivity index is 2.06. The third-order valence-corrected chi connectivity index (χ3v) is 2.70. The lowest BCUT2D eigenvalue weighted by molar-refractivity contribution is -0.309. The molecule has 1 atom stereocenters. The third kappa shape index (κ3) is 1.11. The molecule has 2 aliphatic rings. The molecule has 68 valence electrons. The van der Waals surface area contributed by atoms with E-state index in [1.807, 2.05) is 0 Å². The summed E-state index contributed by atoms with van der Waals surface area (Å²) < 4.78 is 4.91. The fourth-order valence-corrected chi connectivity index (χ4v) is 2.03. The molecule has 0 aromatic heterocycles. The average Bonchev–Trinajstić information content (AvgIpc) is 2.66. The van der Waals surface area contributed by atoms with E-state index in [0.29, 0.717) is 13.1 Å². The second-order valence-electron chi connectivity index (χ2n) is 3.36. The maximum atomic E-state index is 10.2. The monoisotopic (exact) mass is 172 g/mol. The first-order chi connectivity index (χ1) is 5.87. The van der Waals surface area contributed by atoms with Crippen LogP contribution in [0, 0.1) is 0 Å². The van der Waals surface area contributed by atoms with Crippen molar-refractivity contribution in [3.8, 4) is 0 Å². The van der Waals surface area contributed by atoms with Crippen molar-refractivity contribution in [3.63, 3.8) is 0 Å². The molecule has 1 aliphatic heterocycles. The van der Waals surface area contributed by atoms with Crippen LogP contribution in [0.4, 0.5) is 0 Å². The number of rotatable bonds is 2. The van der Waals surface area contributed by atoms with Gasteiger partial charge in [-0.05, 0) is 12.8 Å². The van der Waals surface area contributed by atoms with E-state index in [4.69, 9.17) is 14.5 Å². The second-order valence-corrected chi connectivity index (χ2v) is 3.36. The summed E-state index contributed by atoms with van der Waals surface area (Å²) in [5.41, 5.74) is -0.319. The van der Waals surface area contributed by atoms with E-state index >= 15 is 0 Å². The van der Waals surface area contributed by atoms with Gasteiger partial charge in [-0.15, -0.1) is 0 Å². The Labute approximate surface area is 70.7 Å². The molecule has 0 bridgehead atoms. The molecule has 2 rings (SSSR count). The molecular formula is C8H12O4. The molecule has 1 saturated carbocycles. The summed E-state index contributed by atoms with van der Waals surface area (Å²) in [7, 11) is 0. The van der Waals surface area contributed by atoms with Crippen LogP contribution in [0.5, 0.6) is 0 Å². The lowest BCUT2D eigenvalue weighted by Crippen LogP contribution is -2.39. The fourth-order valence-electron chi connectivity index (χ4n) is 2.03. The van der Waals surface area contributed by atoms with Crippen molar-refractivity contribution < 1.29 is 19.3 Å². The molecule has 4 nitrogen and oxygen atoms in total. The lowest BCUT2D eigenvalue weighted by atomic mass is 9.96. The first-order valence-corrected chi connectivity index (χ1v) is 4.27. The van der Waals surface area contributed by atoms with Gasteiger partial charge in [0, 0.05) is 0 Å². The predicted molar refractivity (Wildman–Crippen MR) is 39.2 cm³/mol. The molecule has 1 spiro atoms. The van der Waals surface area contributed by atoms with Crippen LogP contribution in [0.3, 0.4) is 0 Å². The van der Waals surface area contributed by atoms with Gasteiger partial charge in [0.1, 0.15) is 12.2 Å². The summed E-state index contributed by atoms with van der Waals surface area (Å²) in [6.45, 7) is 0.849. The molecule has 0 aromatic carbocycles. The molecule has 12 heavy (non-hydrogen) atoms.